The summed E-state index contributed by atoms with van der Waals surface area (Å²) in [4.78, 5) is 27.2. The van der Waals surface area contributed by atoms with Gasteiger partial charge in [-0.2, -0.15) is 0 Å². The van der Waals surface area contributed by atoms with Gasteiger partial charge in [0.1, 0.15) is 0 Å². The predicted octanol–water partition coefficient (Wildman–Crippen LogP) is 0.932. The first-order valence-corrected chi connectivity index (χ1v) is 9.02. The maximum atomic E-state index is 12.7. The Hall–Kier alpha value is -2.12. The largest absolute Gasteiger partial charge is 0.378 e. The monoisotopic (exact) mass is 343 g/mol. The third-order valence-corrected chi connectivity index (χ3v) is 5.22. The first-order valence-electron chi connectivity index (χ1n) is 9.02. The van der Waals surface area contributed by atoms with E-state index in [9.17, 15) is 4.79 Å². The van der Waals surface area contributed by atoms with Crippen molar-refractivity contribution in [3.05, 3.63) is 24.3 Å². The van der Waals surface area contributed by atoms with Crippen molar-refractivity contribution in [3.8, 4) is 0 Å². The standard InChI is InChI=1S/C18H25N5O2/c1-14(17(24)22-10-12-25-13-11-22)21-6-8-23(9-7-21)18-19-15-4-2-3-5-16(15)20-18/h2-5,14H,6-13H2,1H3,(H,19,20). The SMILES string of the molecule is CC(C(=O)N1CCOCC1)N1CCN(c2nc3ccccc3[nH]2)CC1. The highest BCUT2D eigenvalue weighted by Gasteiger charge is 2.30. The summed E-state index contributed by atoms with van der Waals surface area (Å²) in [6.07, 6.45) is 0. The van der Waals surface area contributed by atoms with E-state index < -0.39 is 0 Å². The number of carbonyl (C=O) groups is 1. The highest BCUT2D eigenvalue weighted by molar-refractivity contribution is 5.81. The number of hydrogen-bond donors (Lipinski definition) is 1. The third-order valence-electron chi connectivity index (χ3n) is 5.22. The highest BCUT2D eigenvalue weighted by atomic mass is 16.5. The van der Waals surface area contributed by atoms with Gasteiger partial charge in [0.05, 0.1) is 30.3 Å². The molecule has 7 nitrogen and oxygen atoms in total. The average Bonchev–Trinajstić information content (AvgIpc) is 3.12. The van der Waals surface area contributed by atoms with E-state index in [-0.39, 0.29) is 11.9 Å². The fourth-order valence-electron chi connectivity index (χ4n) is 3.61. The lowest BCUT2D eigenvalue weighted by Gasteiger charge is -2.39. The Kier molecular flexibility index (Phi) is 4.59. The number of nitrogens with one attached hydrogen (secondary N) is 1. The molecule has 1 aromatic carbocycles. The minimum absolute atomic E-state index is 0.0732. The lowest BCUT2D eigenvalue weighted by molar-refractivity contribution is -0.140. The Bertz CT molecular complexity index is 699. The normalized spacial score (nSPS) is 20.8. The summed E-state index contributed by atoms with van der Waals surface area (Å²) in [5, 5.41) is 0. The molecule has 1 unspecified atom stereocenters. The van der Waals surface area contributed by atoms with Crippen molar-refractivity contribution >= 4 is 22.9 Å². The van der Waals surface area contributed by atoms with Crippen LogP contribution in [0.1, 0.15) is 6.92 Å². The van der Waals surface area contributed by atoms with Gasteiger partial charge >= 0.3 is 0 Å². The zero-order chi connectivity index (χ0) is 17.2. The number of hydrogen-bond acceptors (Lipinski definition) is 5. The third kappa shape index (κ3) is 3.34. The highest BCUT2D eigenvalue weighted by Crippen LogP contribution is 2.19. The van der Waals surface area contributed by atoms with Crippen molar-refractivity contribution in [2.24, 2.45) is 0 Å². The number of carbonyl (C=O) groups excluding carboxylic acids is 1. The number of amides is 1. The van der Waals surface area contributed by atoms with E-state index in [1.54, 1.807) is 0 Å². The van der Waals surface area contributed by atoms with E-state index in [1.807, 2.05) is 36.1 Å². The molecule has 4 rings (SSSR count). The molecule has 0 bridgehead atoms. The molecule has 3 heterocycles. The minimum Gasteiger partial charge on any atom is -0.378 e. The number of aromatic amines is 1. The van der Waals surface area contributed by atoms with Crippen LogP contribution in [0.2, 0.25) is 0 Å². The first-order chi connectivity index (χ1) is 12.2. The van der Waals surface area contributed by atoms with Crippen LogP contribution in [-0.2, 0) is 9.53 Å². The van der Waals surface area contributed by atoms with Crippen molar-refractivity contribution in [1.82, 2.24) is 19.8 Å². The number of H-pyrrole nitrogens is 1. The molecule has 25 heavy (non-hydrogen) atoms. The van der Waals surface area contributed by atoms with Gasteiger partial charge in [-0.15, -0.1) is 0 Å². The number of anilines is 1. The topological polar surface area (TPSA) is 64.7 Å². The molecule has 1 amide bonds. The molecular formula is C18H25N5O2. The molecule has 7 heteroatoms. The van der Waals surface area contributed by atoms with Crippen LogP contribution in [0, 0.1) is 0 Å². The summed E-state index contributed by atoms with van der Waals surface area (Å²) in [7, 11) is 0. The number of para-hydroxylation sites is 2. The molecule has 2 aliphatic heterocycles. The molecule has 0 radical (unpaired) electrons. The summed E-state index contributed by atoms with van der Waals surface area (Å²) in [6.45, 7) is 8.24. The van der Waals surface area contributed by atoms with Gasteiger partial charge in [0.15, 0.2) is 0 Å². The molecule has 2 fully saturated rings. The molecule has 0 aliphatic carbocycles. The first kappa shape index (κ1) is 16.4. The second-order valence-corrected chi connectivity index (χ2v) is 6.71. The van der Waals surface area contributed by atoms with Crippen LogP contribution < -0.4 is 4.90 Å². The fourth-order valence-corrected chi connectivity index (χ4v) is 3.61. The van der Waals surface area contributed by atoms with Crippen LogP contribution in [0.3, 0.4) is 0 Å². The minimum atomic E-state index is -0.0732. The Labute approximate surface area is 147 Å². The average molecular weight is 343 g/mol. The van der Waals surface area contributed by atoms with Gasteiger partial charge in [-0.25, -0.2) is 4.98 Å². The number of rotatable bonds is 3. The zero-order valence-electron chi connectivity index (χ0n) is 14.6. The smallest absolute Gasteiger partial charge is 0.239 e. The second kappa shape index (κ2) is 7.01. The molecule has 2 aliphatic rings. The van der Waals surface area contributed by atoms with Crippen LogP contribution in [0.15, 0.2) is 24.3 Å². The van der Waals surface area contributed by atoms with E-state index in [2.05, 4.69) is 19.8 Å². The van der Waals surface area contributed by atoms with E-state index in [0.717, 1.165) is 43.2 Å². The van der Waals surface area contributed by atoms with E-state index in [4.69, 9.17) is 4.74 Å². The van der Waals surface area contributed by atoms with Gasteiger partial charge in [-0.3, -0.25) is 9.69 Å². The van der Waals surface area contributed by atoms with E-state index in [1.165, 1.54) is 0 Å². The van der Waals surface area contributed by atoms with Gasteiger partial charge in [0, 0.05) is 39.3 Å². The summed E-state index contributed by atoms with van der Waals surface area (Å²) in [5.41, 5.74) is 2.06. The molecule has 134 valence electrons. The maximum absolute atomic E-state index is 12.7. The summed E-state index contributed by atoms with van der Waals surface area (Å²) < 4.78 is 5.34. The van der Waals surface area contributed by atoms with Crippen LogP contribution in [0.25, 0.3) is 11.0 Å². The molecule has 1 aromatic heterocycles. The number of aromatic nitrogens is 2. The summed E-state index contributed by atoms with van der Waals surface area (Å²) >= 11 is 0. The molecule has 2 saturated heterocycles. The van der Waals surface area contributed by atoms with Crippen molar-refractivity contribution < 1.29 is 9.53 Å². The lowest BCUT2D eigenvalue weighted by atomic mass is 10.2. The van der Waals surface area contributed by atoms with Crippen LogP contribution in [0.4, 0.5) is 5.95 Å². The molecule has 2 aromatic rings. The molecule has 1 atom stereocenters. The van der Waals surface area contributed by atoms with Crippen molar-refractivity contribution in [3.63, 3.8) is 0 Å². The van der Waals surface area contributed by atoms with Crippen molar-refractivity contribution in [1.29, 1.82) is 0 Å². The van der Waals surface area contributed by atoms with Crippen LogP contribution in [-0.4, -0.2) is 84.2 Å². The number of morpholine rings is 1. The zero-order valence-corrected chi connectivity index (χ0v) is 14.6. The van der Waals surface area contributed by atoms with Gasteiger partial charge < -0.3 is 19.5 Å². The van der Waals surface area contributed by atoms with Crippen molar-refractivity contribution in [2.75, 3.05) is 57.4 Å². The molecule has 0 saturated carbocycles. The van der Waals surface area contributed by atoms with E-state index >= 15 is 0 Å². The Morgan fingerprint density at radius 2 is 1.84 bits per heavy atom. The Morgan fingerprint density at radius 3 is 2.56 bits per heavy atom. The number of ether oxygens (including phenoxy) is 1. The van der Waals surface area contributed by atoms with Crippen LogP contribution >= 0.6 is 0 Å². The van der Waals surface area contributed by atoms with Crippen molar-refractivity contribution in [2.45, 2.75) is 13.0 Å². The number of benzene rings is 1. The second-order valence-electron chi connectivity index (χ2n) is 6.71. The summed E-state index contributed by atoms with van der Waals surface area (Å²) in [6, 6.07) is 8.01. The number of fused-ring (bicyclic) bond motifs is 1. The number of piperazine rings is 1. The van der Waals surface area contributed by atoms with Gasteiger partial charge in [0.25, 0.3) is 0 Å². The van der Waals surface area contributed by atoms with Gasteiger partial charge in [-0.05, 0) is 19.1 Å². The predicted molar refractivity (Wildman–Crippen MR) is 96.7 cm³/mol. The Morgan fingerprint density at radius 1 is 1.12 bits per heavy atom. The maximum Gasteiger partial charge on any atom is 0.239 e. The summed E-state index contributed by atoms with van der Waals surface area (Å²) in [5.74, 6) is 1.15. The molecular weight excluding hydrogens is 318 g/mol. The Balaban J connectivity index is 1.36. The molecule has 1 N–H and O–H groups in total. The van der Waals surface area contributed by atoms with Crippen LogP contribution in [0.5, 0.6) is 0 Å². The quantitative estimate of drug-likeness (QED) is 0.898. The molecule has 0 spiro atoms. The van der Waals surface area contributed by atoms with Gasteiger partial charge in [-0.1, -0.05) is 12.1 Å². The lowest BCUT2D eigenvalue weighted by Crippen LogP contribution is -2.56. The fraction of sp³-hybridized carbons (Fsp3) is 0.556. The van der Waals surface area contributed by atoms with E-state index in [0.29, 0.717) is 26.3 Å². The number of nitrogens with zero attached hydrogens (tertiary/aromatic N) is 4. The van der Waals surface area contributed by atoms with Gasteiger partial charge in [0.2, 0.25) is 11.9 Å². The number of imidazole rings is 1.